The van der Waals surface area contributed by atoms with Crippen molar-refractivity contribution in [3.05, 3.63) is 47.2 Å². The molecule has 3 N–H and O–H groups in total. The minimum absolute atomic E-state index is 0.0418. The van der Waals surface area contributed by atoms with Gasteiger partial charge in [-0.05, 0) is 69.5 Å². The van der Waals surface area contributed by atoms with E-state index < -0.39 is 48.2 Å². The monoisotopic (exact) mass is 592 g/mol. The van der Waals surface area contributed by atoms with Gasteiger partial charge in [0.2, 0.25) is 5.91 Å². The molecule has 0 saturated heterocycles. The maximum atomic E-state index is 13.5. The summed E-state index contributed by atoms with van der Waals surface area (Å²) < 4.78 is 45.7. The number of amides is 1. The number of carboxylic acids is 1. The van der Waals surface area contributed by atoms with E-state index in [0.717, 1.165) is 56.4 Å². The first kappa shape index (κ1) is 31.6. The number of hydrogen-bond acceptors (Lipinski definition) is 8. The predicted octanol–water partition coefficient (Wildman–Crippen LogP) is 3.47. The van der Waals surface area contributed by atoms with Crippen LogP contribution in [-0.2, 0) is 32.6 Å². The molecule has 1 fully saturated rings. The number of nitrogens with one attached hydrogen (secondary N) is 2. The van der Waals surface area contributed by atoms with Crippen LogP contribution in [-0.4, -0.2) is 88.9 Å². The van der Waals surface area contributed by atoms with Gasteiger partial charge in [-0.15, -0.1) is 0 Å². The molecule has 230 valence electrons. The number of aliphatic carboxylic acids is 1. The van der Waals surface area contributed by atoms with E-state index in [1.807, 2.05) is 11.0 Å². The molecule has 13 heteroatoms. The first-order chi connectivity index (χ1) is 20.3. The number of anilines is 1. The molecule has 42 heavy (non-hydrogen) atoms. The van der Waals surface area contributed by atoms with Crippen molar-refractivity contribution in [2.45, 2.75) is 75.4 Å². The van der Waals surface area contributed by atoms with Crippen molar-refractivity contribution in [1.82, 2.24) is 25.2 Å². The summed E-state index contributed by atoms with van der Waals surface area (Å²) in [5.74, 6) is -0.951. The molecule has 1 aliphatic carbocycles. The van der Waals surface area contributed by atoms with Gasteiger partial charge in [-0.2, -0.15) is 0 Å². The fraction of sp³-hybridized carbons (Fsp3) is 0.621. The number of alkyl halides is 3. The van der Waals surface area contributed by atoms with E-state index in [2.05, 4.69) is 26.7 Å². The lowest BCUT2D eigenvalue weighted by atomic mass is 9.97. The molecule has 2 aliphatic rings. The van der Waals surface area contributed by atoms with Gasteiger partial charge in [-0.3, -0.25) is 14.8 Å². The van der Waals surface area contributed by atoms with Crippen LogP contribution in [0.2, 0.25) is 0 Å². The number of fused-ring (bicyclic) bond motifs is 1. The maximum Gasteiger partial charge on any atom is 0.326 e. The SMILES string of the molecule is COC(CF)CN(CCCCc1ccc2c(n1)NCCC2)CCC(NC(=O)C1(c2nccnc2C(F)F)CC1)C(=O)O. The van der Waals surface area contributed by atoms with Gasteiger partial charge in [0.25, 0.3) is 6.43 Å². The number of rotatable bonds is 17. The summed E-state index contributed by atoms with van der Waals surface area (Å²) in [7, 11) is 1.42. The van der Waals surface area contributed by atoms with Crippen molar-refractivity contribution < 1.29 is 32.6 Å². The third-order valence-corrected chi connectivity index (χ3v) is 7.98. The molecule has 1 amide bonds. The summed E-state index contributed by atoms with van der Waals surface area (Å²) in [4.78, 5) is 39.6. The second-order valence-electron chi connectivity index (χ2n) is 10.9. The highest BCUT2D eigenvalue weighted by Crippen LogP contribution is 2.49. The third kappa shape index (κ3) is 7.94. The van der Waals surface area contributed by atoms with Crippen molar-refractivity contribution in [2.75, 3.05) is 45.3 Å². The van der Waals surface area contributed by atoms with Crippen molar-refractivity contribution in [1.29, 1.82) is 0 Å². The number of aryl methyl sites for hydroxylation is 2. The highest BCUT2D eigenvalue weighted by molar-refractivity contribution is 5.93. The molecule has 2 aromatic rings. The van der Waals surface area contributed by atoms with Crippen LogP contribution in [0.25, 0.3) is 0 Å². The molecule has 0 bridgehead atoms. The van der Waals surface area contributed by atoms with Gasteiger partial charge in [0.15, 0.2) is 0 Å². The normalized spacial score (nSPS) is 16.9. The van der Waals surface area contributed by atoms with E-state index in [-0.39, 0.29) is 38.0 Å². The zero-order chi connectivity index (χ0) is 30.1. The van der Waals surface area contributed by atoms with Crippen LogP contribution < -0.4 is 10.6 Å². The highest BCUT2D eigenvalue weighted by Gasteiger charge is 2.55. The first-order valence-corrected chi connectivity index (χ1v) is 14.4. The molecular weight excluding hydrogens is 553 g/mol. The minimum Gasteiger partial charge on any atom is -0.480 e. The third-order valence-electron chi connectivity index (χ3n) is 7.98. The van der Waals surface area contributed by atoms with Crippen molar-refractivity contribution in [2.24, 2.45) is 0 Å². The number of pyridine rings is 1. The highest BCUT2D eigenvalue weighted by atomic mass is 19.3. The van der Waals surface area contributed by atoms with E-state index in [4.69, 9.17) is 9.72 Å². The Labute approximate surface area is 243 Å². The van der Waals surface area contributed by atoms with Gasteiger partial charge in [0, 0.05) is 44.8 Å². The van der Waals surface area contributed by atoms with E-state index >= 15 is 0 Å². The molecule has 1 aliphatic heterocycles. The Morgan fingerprint density at radius 3 is 2.67 bits per heavy atom. The van der Waals surface area contributed by atoms with Crippen LogP contribution in [0.15, 0.2) is 24.5 Å². The number of carbonyl (C=O) groups is 2. The van der Waals surface area contributed by atoms with Crippen molar-refractivity contribution >= 4 is 17.7 Å². The summed E-state index contributed by atoms with van der Waals surface area (Å²) >= 11 is 0. The van der Waals surface area contributed by atoms with Crippen LogP contribution in [0.3, 0.4) is 0 Å². The van der Waals surface area contributed by atoms with E-state index in [9.17, 15) is 27.9 Å². The smallest absolute Gasteiger partial charge is 0.326 e. The van der Waals surface area contributed by atoms with Crippen molar-refractivity contribution in [3.8, 4) is 0 Å². The Kier molecular flexibility index (Phi) is 11.1. The van der Waals surface area contributed by atoms with E-state index in [1.54, 1.807) is 0 Å². The van der Waals surface area contributed by atoms with Gasteiger partial charge in [0.05, 0.1) is 17.2 Å². The van der Waals surface area contributed by atoms with Crippen LogP contribution in [0.1, 0.15) is 67.6 Å². The van der Waals surface area contributed by atoms with Gasteiger partial charge >= 0.3 is 5.97 Å². The second-order valence-corrected chi connectivity index (χ2v) is 10.9. The summed E-state index contributed by atoms with van der Waals surface area (Å²) in [5, 5.41) is 15.7. The molecule has 2 aromatic heterocycles. The lowest BCUT2D eigenvalue weighted by Crippen LogP contribution is -2.48. The van der Waals surface area contributed by atoms with Crippen LogP contribution in [0, 0.1) is 0 Å². The Balaban J connectivity index is 1.34. The largest absolute Gasteiger partial charge is 0.480 e. The molecule has 2 unspecified atom stereocenters. The van der Waals surface area contributed by atoms with Gasteiger partial charge in [0.1, 0.15) is 24.2 Å². The number of carboxylic acid groups (broad SMARTS) is 1. The topological polar surface area (TPSA) is 130 Å². The predicted molar refractivity (Wildman–Crippen MR) is 149 cm³/mol. The molecule has 2 atom stereocenters. The number of unbranched alkanes of at least 4 members (excludes halogenated alkanes) is 1. The van der Waals surface area contributed by atoms with Gasteiger partial charge in [-0.25, -0.2) is 22.9 Å². The quantitative estimate of drug-likeness (QED) is 0.237. The fourth-order valence-electron chi connectivity index (χ4n) is 5.36. The Hall–Kier alpha value is -3.32. The first-order valence-electron chi connectivity index (χ1n) is 14.4. The van der Waals surface area contributed by atoms with Crippen LogP contribution >= 0.6 is 0 Å². The second kappa shape index (κ2) is 14.7. The fourth-order valence-corrected chi connectivity index (χ4v) is 5.36. The molecule has 0 aromatic carbocycles. The lowest BCUT2D eigenvalue weighted by Gasteiger charge is -2.27. The summed E-state index contributed by atoms with van der Waals surface area (Å²) in [5.41, 5.74) is 0.226. The Bertz CT molecular complexity index is 1210. The van der Waals surface area contributed by atoms with Crippen LogP contribution in [0.5, 0.6) is 0 Å². The molecular formula is C29H39F3N6O4. The summed E-state index contributed by atoms with van der Waals surface area (Å²) in [6.45, 7) is 1.33. The zero-order valence-corrected chi connectivity index (χ0v) is 23.8. The standard InChI is InChI=1S/C29H39F3N6O4/c1-42-21(17-30)18-38(15-3-2-6-20-8-7-19-5-4-12-35-26(19)36-20)16-9-22(27(39)40)37-28(41)29(10-11-29)24-23(25(31)32)33-13-14-34-24/h7-8,13-14,21-22,25H,2-6,9-12,15-18H2,1H3,(H,35,36)(H,37,41)(H,39,40). The molecule has 3 heterocycles. The number of methoxy groups -OCH3 is 1. The average Bonchev–Trinajstić information content (AvgIpc) is 3.81. The van der Waals surface area contributed by atoms with E-state index in [0.29, 0.717) is 6.54 Å². The van der Waals surface area contributed by atoms with Crippen molar-refractivity contribution in [3.63, 3.8) is 0 Å². The number of nitrogens with zero attached hydrogens (tertiary/aromatic N) is 4. The number of aromatic nitrogens is 3. The molecule has 1 saturated carbocycles. The molecule has 0 spiro atoms. The Morgan fingerprint density at radius 2 is 1.98 bits per heavy atom. The van der Waals surface area contributed by atoms with Gasteiger partial charge in [-0.1, -0.05) is 6.07 Å². The Morgan fingerprint density at radius 1 is 1.19 bits per heavy atom. The molecule has 0 radical (unpaired) electrons. The lowest BCUT2D eigenvalue weighted by molar-refractivity contribution is -0.142. The summed E-state index contributed by atoms with van der Waals surface area (Å²) in [6, 6.07) is 2.90. The van der Waals surface area contributed by atoms with E-state index in [1.165, 1.54) is 18.9 Å². The van der Waals surface area contributed by atoms with Crippen LogP contribution in [0.4, 0.5) is 19.0 Å². The molecule has 4 rings (SSSR count). The number of ether oxygens (including phenoxy) is 1. The maximum absolute atomic E-state index is 13.5. The average molecular weight is 593 g/mol. The number of carbonyl (C=O) groups excluding carboxylic acids is 1. The van der Waals surface area contributed by atoms with Gasteiger partial charge < -0.3 is 25.4 Å². The minimum atomic E-state index is -2.91. The molecule has 10 nitrogen and oxygen atoms in total. The zero-order valence-electron chi connectivity index (χ0n) is 23.8. The summed E-state index contributed by atoms with van der Waals surface area (Å²) in [6.07, 6.45) is 3.90. The number of hydrogen-bond donors (Lipinski definition) is 3. The number of halogens is 3.